The van der Waals surface area contributed by atoms with Gasteiger partial charge < -0.3 is 10.3 Å². The summed E-state index contributed by atoms with van der Waals surface area (Å²) in [6.45, 7) is 0. The number of allylic oxidation sites excluding steroid dienone is 4. The molecule has 3 N–H and O–H groups in total. The summed E-state index contributed by atoms with van der Waals surface area (Å²) < 4.78 is 0. The second-order valence-electron chi connectivity index (χ2n) is 9.35. The average molecular weight is 490 g/mol. The van der Waals surface area contributed by atoms with Crippen molar-refractivity contribution in [3.05, 3.63) is 72.7 Å². The number of anilines is 1. The van der Waals surface area contributed by atoms with Gasteiger partial charge in [-0.25, -0.2) is 4.98 Å². The Bertz CT molecular complexity index is 1700. The van der Waals surface area contributed by atoms with Crippen molar-refractivity contribution < 1.29 is 0 Å². The topological polar surface area (TPSA) is 95.2 Å². The van der Waals surface area contributed by atoms with E-state index in [1.807, 2.05) is 24.5 Å². The molecule has 1 saturated carbocycles. The highest BCUT2D eigenvalue weighted by atomic mass is 32.1. The van der Waals surface area contributed by atoms with E-state index in [-0.39, 0.29) is 0 Å². The third kappa shape index (κ3) is 3.61. The van der Waals surface area contributed by atoms with Gasteiger partial charge in [0, 0.05) is 28.6 Å². The first-order chi connectivity index (χ1) is 17.7. The standard InChI is InChI=1S/C28H23N7S/c36-28(17-7-3-8-17)31-19-11-18(13-29-14-19)23-12-21-24(15-30-23)34-35-26(21)27-32-22-10-4-9-20(25(22)33-27)16-5-1-2-6-16/h1,4-6,9-15,17H,2-3,7-8H2,(H,31,36)(H,32,33)(H,34,35). The van der Waals surface area contributed by atoms with Crippen LogP contribution in [-0.2, 0) is 0 Å². The van der Waals surface area contributed by atoms with Gasteiger partial charge in [0.15, 0.2) is 5.82 Å². The molecule has 4 heterocycles. The largest absolute Gasteiger partial charge is 0.349 e. The van der Waals surface area contributed by atoms with Crippen molar-refractivity contribution in [1.29, 1.82) is 0 Å². The lowest BCUT2D eigenvalue weighted by atomic mass is 9.85. The number of hydrogen-bond acceptors (Lipinski definition) is 5. The molecule has 0 atom stereocenters. The van der Waals surface area contributed by atoms with Gasteiger partial charge in [-0.1, -0.05) is 49.0 Å². The molecule has 0 spiro atoms. The molecule has 0 aliphatic heterocycles. The summed E-state index contributed by atoms with van der Waals surface area (Å²) in [5, 5.41) is 12.0. The molecule has 7 rings (SSSR count). The summed E-state index contributed by atoms with van der Waals surface area (Å²) in [4.78, 5) is 18.4. The molecule has 5 aromatic rings. The van der Waals surface area contributed by atoms with Gasteiger partial charge in [0.05, 0.1) is 45.3 Å². The Hall–Kier alpha value is -4.17. The second-order valence-corrected chi connectivity index (χ2v) is 9.79. The number of H-pyrrole nitrogens is 2. The third-order valence-electron chi connectivity index (χ3n) is 7.04. The zero-order chi connectivity index (χ0) is 24.1. The van der Waals surface area contributed by atoms with Crippen LogP contribution >= 0.6 is 12.2 Å². The number of fused-ring (bicyclic) bond motifs is 2. The van der Waals surface area contributed by atoms with Crippen LogP contribution in [0, 0.1) is 5.92 Å². The minimum atomic E-state index is 0.483. The van der Waals surface area contributed by atoms with E-state index in [1.54, 1.807) is 6.20 Å². The second kappa shape index (κ2) is 8.49. The van der Waals surface area contributed by atoms with E-state index >= 15 is 0 Å². The Morgan fingerprint density at radius 2 is 2.03 bits per heavy atom. The van der Waals surface area contributed by atoms with Crippen LogP contribution < -0.4 is 5.32 Å². The fraction of sp³-hybridized carbons (Fsp3) is 0.179. The van der Waals surface area contributed by atoms with E-state index < -0.39 is 0 Å². The quantitative estimate of drug-likeness (QED) is 0.246. The van der Waals surface area contributed by atoms with Crippen molar-refractivity contribution in [2.24, 2.45) is 5.92 Å². The number of nitrogens with one attached hydrogen (secondary N) is 3. The van der Waals surface area contributed by atoms with E-state index in [2.05, 4.69) is 66.9 Å². The highest BCUT2D eigenvalue weighted by molar-refractivity contribution is 7.80. The van der Waals surface area contributed by atoms with Crippen LogP contribution in [0.5, 0.6) is 0 Å². The van der Waals surface area contributed by atoms with Crippen LogP contribution in [0.25, 0.3) is 50.3 Å². The van der Waals surface area contributed by atoms with Crippen LogP contribution in [0.1, 0.15) is 31.2 Å². The highest BCUT2D eigenvalue weighted by Crippen LogP contribution is 2.33. The molecule has 0 unspecified atom stereocenters. The molecule has 4 aromatic heterocycles. The molecular formula is C28H23N7S. The van der Waals surface area contributed by atoms with Gasteiger partial charge in [-0.15, -0.1) is 0 Å². The molecule has 0 amide bonds. The molecule has 176 valence electrons. The Morgan fingerprint density at radius 3 is 2.86 bits per heavy atom. The number of para-hydroxylation sites is 1. The molecule has 0 bridgehead atoms. The minimum absolute atomic E-state index is 0.483. The van der Waals surface area contributed by atoms with Crippen LogP contribution in [0.3, 0.4) is 0 Å². The van der Waals surface area contributed by atoms with Crippen molar-refractivity contribution in [2.45, 2.75) is 25.7 Å². The summed E-state index contributed by atoms with van der Waals surface area (Å²) in [6, 6.07) is 10.3. The number of imidazole rings is 1. The van der Waals surface area contributed by atoms with Gasteiger partial charge in [-0.05, 0) is 43.0 Å². The lowest BCUT2D eigenvalue weighted by molar-refractivity contribution is 0.417. The molecule has 1 fully saturated rings. The molecule has 36 heavy (non-hydrogen) atoms. The van der Waals surface area contributed by atoms with Gasteiger partial charge in [0.25, 0.3) is 0 Å². The minimum Gasteiger partial charge on any atom is -0.349 e. The molecule has 0 saturated heterocycles. The van der Waals surface area contributed by atoms with Crippen molar-refractivity contribution in [2.75, 3.05) is 5.32 Å². The van der Waals surface area contributed by atoms with E-state index in [9.17, 15) is 0 Å². The number of thiocarbonyl (C=S) groups is 1. The maximum Gasteiger partial charge on any atom is 0.159 e. The van der Waals surface area contributed by atoms with Crippen LogP contribution in [-0.4, -0.2) is 35.1 Å². The number of aromatic nitrogens is 6. The molecule has 7 nitrogen and oxygen atoms in total. The predicted molar refractivity (Wildman–Crippen MR) is 148 cm³/mol. The van der Waals surface area contributed by atoms with E-state index in [0.29, 0.717) is 5.92 Å². The van der Waals surface area contributed by atoms with Crippen molar-refractivity contribution >= 4 is 50.4 Å². The Labute approximate surface area is 212 Å². The number of aromatic amines is 2. The number of benzene rings is 1. The number of pyridine rings is 2. The lowest BCUT2D eigenvalue weighted by Crippen LogP contribution is -2.26. The summed E-state index contributed by atoms with van der Waals surface area (Å²) in [6.07, 6.45) is 16.5. The van der Waals surface area contributed by atoms with E-state index in [0.717, 1.165) is 80.2 Å². The summed E-state index contributed by atoms with van der Waals surface area (Å²) in [5.74, 6) is 1.21. The number of rotatable bonds is 5. The van der Waals surface area contributed by atoms with Crippen molar-refractivity contribution in [3.63, 3.8) is 0 Å². The van der Waals surface area contributed by atoms with Crippen LogP contribution in [0.15, 0.2) is 67.2 Å². The zero-order valence-electron chi connectivity index (χ0n) is 19.5. The molecule has 8 heteroatoms. The Kier molecular flexibility index (Phi) is 4.99. The van der Waals surface area contributed by atoms with E-state index in [4.69, 9.17) is 17.2 Å². The SMILES string of the molecule is S=C(Nc1cncc(-c2cc3c(-c4nc5c(C6=CCC=C6)cccc5[nH]4)n[nH]c3cn2)c1)C1CCC1. The summed E-state index contributed by atoms with van der Waals surface area (Å²) in [5.41, 5.74) is 8.49. The lowest BCUT2D eigenvalue weighted by Gasteiger charge is -2.26. The van der Waals surface area contributed by atoms with Gasteiger partial charge in [-0.3, -0.25) is 15.1 Å². The highest BCUT2D eigenvalue weighted by Gasteiger charge is 2.22. The predicted octanol–water partition coefficient (Wildman–Crippen LogP) is 6.45. The first-order valence-corrected chi connectivity index (χ1v) is 12.6. The summed E-state index contributed by atoms with van der Waals surface area (Å²) >= 11 is 5.58. The monoisotopic (exact) mass is 489 g/mol. The smallest absolute Gasteiger partial charge is 0.159 e. The van der Waals surface area contributed by atoms with Crippen LogP contribution in [0.2, 0.25) is 0 Å². The summed E-state index contributed by atoms with van der Waals surface area (Å²) in [7, 11) is 0. The molecule has 1 aromatic carbocycles. The van der Waals surface area contributed by atoms with E-state index in [1.165, 1.54) is 12.0 Å². The normalized spacial score (nSPS) is 15.4. The molecular weight excluding hydrogens is 466 g/mol. The van der Waals surface area contributed by atoms with Crippen molar-refractivity contribution in [1.82, 2.24) is 30.1 Å². The maximum atomic E-state index is 5.58. The Balaban J connectivity index is 1.26. The van der Waals surface area contributed by atoms with Gasteiger partial charge >= 0.3 is 0 Å². The van der Waals surface area contributed by atoms with Gasteiger partial charge in [0.2, 0.25) is 0 Å². The molecule has 2 aliphatic carbocycles. The maximum absolute atomic E-state index is 5.58. The first kappa shape index (κ1) is 21.1. The molecule has 0 radical (unpaired) electrons. The van der Waals surface area contributed by atoms with Gasteiger partial charge in [0.1, 0.15) is 5.69 Å². The number of nitrogens with zero attached hydrogens (tertiary/aromatic N) is 4. The molecule has 2 aliphatic rings. The fourth-order valence-electron chi connectivity index (χ4n) is 4.85. The first-order valence-electron chi connectivity index (χ1n) is 12.2. The fourth-order valence-corrected chi connectivity index (χ4v) is 5.21. The van der Waals surface area contributed by atoms with Crippen LogP contribution in [0.4, 0.5) is 5.69 Å². The Morgan fingerprint density at radius 1 is 1.08 bits per heavy atom. The third-order valence-corrected chi connectivity index (χ3v) is 7.48. The number of hydrogen-bond donors (Lipinski definition) is 3. The van der Waals surface area contributed by atoms with Crippen molar-refractivity contribution in [3.8, 4) is 22.8 Å². The average Bonchev–Trinajstić information content (AvgIpc) is 3.61. The zero-order valence-corrected chi connectivity index (χ0v) is 20.3. The van der Waals surface area contributed by atoms with Gasteiger partial charge in [-0.2, -0.15) is 5.10 Å².